The average Bonchev–Trinajstić information content (AvgIpc) is 2.30. The number of rotatable bonds is 7. The van der Waals surface area contributed by atoms with Gasteiger partial charge in [0.25, 0.3) is 0 Å². The lowest BCUT2D eigenvalue weighted by atomic mass is 9.80. The topological polar surface area (TPSA) is 21.3 Å². The number of ether oxygens (including phenoxy) is 1. The molecule has 100 valence electrons. The lowest BCUT2D eigenvalue weighted by Crippen LogP contribution is -2.44. The van der Waals surface area contributed by atoms with Crippen molar-refractivity contribution < 1.29 is 4.74 Å². The molecule has 0 aromatic heterocycles. The van der Waals surface area contributed by atoms with E-state index in [1.165, 1.54) is 25.7 Å². The van der Waals surface area contributed by atoms with Crippen molar-refractivity contribution in [3.63, 3.8) is 0 Å². The Morgan fingerprint density at radius 3 is 2.89 bits per heavy atom. The molecule has 0 radical (unpaired) electrons. The predicted octanol–water partition coefficient (Wildman–Crippen LogP) is 3.89. The molecule has 1 fully saturated rings. The second kappa shape index (κ2) is 7.01. The maximum Gasteiger partial charge on any atom is 0.120 e. The molecule has 2 rings (SSSR count). The molecular weight excluding hydrogens is 246 g/mol. The monoisotopic (exact) mass is 267 g/mol. The van der Waals surface area contributed by atoms with Crippen molar-refractivity contribution in [1.29, 1.82) is 0 Å². The molecule has 0 amide bonds. The van der Waals surface area contributed by atoms with Crippen LogP contribution < -0.4 is 10.1 Å². The first-order valence-corrected chi connectivity index (χ1v) is 7.29. The van der Waals surface area contributed by atoms with E-state index in [-0.39, 0.29) is 0 Å². The van der Waals surface area contributed by atoms with Gasteiger partial charge in [0.2, 0.25) is 0 Å². The van der Waals surface area contributed by atoms with Gasteiger partial charge >= 0.3 is 0 Å². The highest BCUT2D eigenvalue weighted by Crippen LogP contribution is 2.30. The molecule has 18 heavy (non-hydrogen) atoms. The van der Waals surface area contributed by atoms with Crippen LogP contribution in [0.2, 0.25) is 5.02 Å². The van der Waals surface area contributed by atoms with Gasteiger partial charge in [-0.2, -0.15) is 0 Å². The maximum absolute atomic E-state index is 5.95. The number of hydrogen-bond donors (Lipinski definition) is 1. The third kappa shape index (κ3) is 3.89. The van der Waals surface area contributed by atoms with Gasteiger partial charge in [-0.05, 0) is 49.9 Å². The third-order valence-electron chi connectivity index (χ3n) is 3.60. The molecule has 1 aromatic rings. The molecule has 1 atom stereocenters. The fourth-order valence-electron chi connectivity index (χ4n) is 2.28. The van der Waals surface area contributed by atoms with Gasteiger partial charge < -0.3 is 10.1 Å². The van der Waals surface area contributed by atoms with Crippen molar-refractivity contribution in [3.05, 3.63) is 29.3 Å². The Bertz CT molecular complexity index is 365. The minimum absolute atomic E-state index is 0.484. The minimum Gasteiger partial charge on any atom is -0.492 e. The van der Waals surface area contributed by atoms with E-state index in [9.17, 15) is 0 Å². The fourth-order valence-corrected chi connectivity index (χ4v) is 2.46. The summed E-state index contributed by atoms with van der Waals surface area (Å²) in [5, 5.41) is 4.33. The Labute approximate surface area is 115 Å². The molecule has 0 bridgehead atoms. The highest BCUT2D eigenvalue weighted by atomic mass is 35.5. The summed E-state index contributed by atoms with van der Waals surface area (Å²) < 4.78 is 5.86. The van der Waals surface area contributed by atoms with Crippen molar-refractivity contribution in [3.8, 4) is 5.75 Å². The molecule has 1 unspecified atom stereocenters. The average molecular weight is 268 g/mol. The van der Waals surface area contributed by atoms with E-state index in [1.807, 2.05) is 24.3 Å². The highest BCUT2D eigenvalue weighted by Gasteiger charge is 2.27. The number of nitrogens with one attached hydrogen (secondary N) is 1. The van der Waals surface area contributed by atoms with Crippen LogP contribution in [-0.2, 0) is 0 Å². The summed E-state index contributed by atoms with van der Waals surface area (Å²) in [5.74, 6) is 1.65. The van der Waals surface area contributed by atoms with E-state index in [2.05, 4.69) is 12.2 Å². The molecule has 1 aliphatic rings. The van der Waals surface area contributed by atoms with Gasteiger partial charge in [-0.15, -0.1) is 0 Å². The highest BCUT2D eigenvalue weighted by molar-refractivity contribution is 6.30. The smallest absolute Gasteiger partial charge is 0.120 e. The molecule has 0 spiro atoms. The molecule has 0 saturated heterocycles. The number of benzene rings is 1. The van der Waals surface area contributed by atoms with Crippen molar-refractivity contribution in [2.45, 2.75) is 38.6 Å². The van der Waals surface area contributed by atoms with Crippen molar-refractivity contribution in [1.82, 2.24) is 5.32 Å². The Morgan fingerprint density at radius 1 is 1.44 bits per heavy atom. The van der Waals surface area contributed by atoms with Crippen LogP contribution in [0.4, 0.5) is 0 Å². The molecule has 1 aliphatic carbocycles. The molecule has 1 saturated carbocycles. The summed E-state index contributed by atoms with van der Waals surface area (Å²) in [7, 11) is 0. The van der Waals surface area contributed by atoms with Crippen LogP contribution in [0.5, 0.6) is 5.75 Å². The molecule has 3 heteroatoms. The first-order valence-electron chi connectivity index (χ1n) is 6.91. The summed E-state index contributed by atoms with van der Waals surface area (Å²) in [4.78, 5) is 0. The Kier molecular flexibility index (Phi) is 5.33. The van der Waals surface area contributed by atoms with Gasteiger partial charge in [-0.3, -0.25) is 0 Å². The Morgan fingerprint density at radius 2 is 2.28 bits per heavy atom. The van der Waals surface area contributed by atoms with Gasteiger partial charge in [0, 0.05) is 11.1 Å². The van der Waals surface area contributed by atoms with Gasteiger partial charge in [0.1, 0.15) is 12.4 Å². The molecule has 1 N–H and O–H groups in total. The minimum atomic E-state index is 0.484. The lowest BCUT2D eigenvalue weighted by molar-refractivity contribution is 0.162. The largest absolute Gasteiger partial charge is 0.492 e. The predicted molar refractivity (Wildman–Crippen MR) is 76.4 cm³/mol. The quantitative estimate of drug-likeness (QED) is 0.809. The maximum atomic E-state index is 5.95. The van der Waals surface area contributed by atoms with Gasteiger partial charge in [0.15, 0.2) is 0 Å². The van der Waals surface area contributed by atoms with E-state index < -0.39 is 0 Å². The Hall–Kier alpha value is -0.730. The first-order chi connectivity index (χ1) is 8.79. The molecular formula is C15H22ClNO. The van der Waals surface area contributed by atoms with E-state index in [4.69, 9.17) is 16.3 Å². The zero-order valence-corrected chi connectivity index (χ0v) is 11.7. The van der Waals surface area contributed by atoms with Crippen molar-refractivity contribution in [2.24, 2.45) is 5.92 Å². The van der Waals surface area contributed by atoms with E-state index >= 15 is 0 Å². The molecule has 0 heterocycles. The van der Waals surface area contributed by atoms with Crippen LogP contribution in [0.3, 0.4) is 0 Å². The molecule has 2 nitrogen and oxygen atoms in total. The number of hydrogen-bond acceptors (Lipinski definition) is 2. The molecule has 1 aromatic carbocycles. The van der Waals surface area contributed by atoms with Crippen LogP contribution in [-0.4, -0.2) is 19.2 Å². The van der Waals surface area contributed by atoms with E-state index in [1.54, 1.807) is 0 Å². The first kappa shape index (κ1) is 13.7. The summed E-state index contributed by atoms with van der Waals surface area (Å²) in [6, 6.07) is 8.11. The standard InChI is InChI=1S/C15H22ClNO/c1-2-9-17-15(12-5-3-6-12)11-18-14-8-4-7-13(16)10-14/h4,7-8,10,12,15,17H,2-3,5-6,9,11H2,1H3. The normalized spacial score (nSPS) is 17.2. The van der Waals surface area contributed by atoms with Gasteiger partial charge in [0.05, 0.1) is 0 Å². The Balaban J connectivity index is 1.84. The number of halogens is 1. The van der Waals surface area contributed by atoms with Gasteiger partial charge in [-0.25, -0.2) is 0 Å². The summed E-state index contributed by atoms with van der Waals surface area (Å²) >= 11 is 5.95. The zero-order chi connectivity index (χ0) is 12.8. The van der Waals surface area contributed by atoms with Crippen LogP contribution in [0.15, 0.2) is 24.3 Å². The molecule has 0 aliphatic heterocycles. The fraction of sp³-hybridized carbons (Fsp3) is 0.600. The summed E-state index contributed by atoms with van der Waals surface area (Å²) in [6.45, 7) is 4.01. The van der Waals surface area contributed by atoms with E-state index in [0.717, 1.165) is 29.8 Å². The van der Waals surface area contributed by atoms with Crippen LogP contribution in [0.25, 0.3) is 0 Å². The SMILES string of the molecule is CCCNC(COc1cccc(Cl)c1)C1CCC1. The second-order valence-corrected chi connectivity index (χ2v) is 5.46. The van der Waals surface area contributed by atoms with Crippen molar-refractivity contribution >= 4 is 11.6 Å². The summed E-state index contributed by atoms with van der Waals surface area (Å²) in [5.41, 5.74) is 0. The van der Waals surface area contributed by atoms with Crippen LogP contribution in [0, 0.1) is 5.92 Å². The second-order valence-electron chi connectivity index (χ2n) is 5.02. The van der Waals surface area contributed by atoms with Crippen LogP contribution in [0.1, 0.15) is 32.6 Å². The van der Waals surface area contributed by atoms with Gasteiger partial charge in [-0.1, -0.05) is 31.0 Å². The summed E-state index contributed by atoms with van der Waals surface area (Å²) in [6.07, 6.45) is 5.20. The van der Waals surface area contributed by atoms with Crippen molar-refractivity contribution in [2.75, 3.05) is 13.2 Å². The lowest BCUT2D eigenvalue weighted by Gasteiger charge is -2.34. The van der Waals surface area contributed by atoms with E-state index in [0.29, 0.717) is 6.04 Å². The van der Waals surface area contributed by atoms with Crippen LogP contribution >= 0.6 is 11.6 Å². The third-order valence-corrected chi connectivity index (χ3v) is 3.84. The zero-order valence-electron chi connectivity index (χ0n) is 11.0.